The van der Waals surface area contributed by atoms with E-state index in [1.807, 2.05) is 0 Å². The molecule has 0 fully saturated rings. The van der Waals surface area contributed by atoms with Gasteiger partial charge >= 0.3 is 0 Å². The molecule has 44 heavy (non-hydrogen) atoms. The van der Waals surface area contributed by atoms with E-state index in [4.69, 9.17) is 0 Å². The van der Waals surface area contributed by atoms with Gasteiger partial charge in [-0.15, -0.1) is 0 Å². The second-order valence-corrected chi connectivity index (χ2v) is 11.8. The maximum absolute atomic E-state index is 3.59. The van der Waals surface area contributed by atoms with E-state index in [-0.39, 0.29) is 5.41 Å². The fraction of sp³-hybridized carbons (Fsp3) is 0.0233. The molecule has 0 saturated heterocycles. The van der Waals surface area contributed by atoms with Crippen molar-refractivity contribution in [1.82, 2.24) is 0 Å². The van der Waals surface area contributed by atoms with Crippen LogP contribution in [-0.4, -0.2) is 0 Å². The van der Waals surface area contributed by atoms with E-state index >= 15 is 0 Å². The first-order chi connectivity index (χ1) is 21.8. The number of nitrogens with one attached hydrogen (secondary N) is 1. The van der Waals surface area contributed by atoms with Gasteiger partial charge in [0.15, 0.2) is 0 Å². The fourth-order valence-corrected chi connectivity index (χ4v) is 7.66. The van der Waals surface area contributed by atoms with Crippen molar-refractivity contribution >= 4 is 11.4 Å². The molecule has 1 N–H and O–H groups in total. The number of fused-ring (bicyclic) bond motifs is 10. The molecule has 0 amide bonds. The minimum absolute atomic E-state index is 0.317. The SMILES string of the molecule is c1ccc(-c2ccc(Nc3ccc(-c4cccc5c4-c4ccccc4C54c5ccccc5-c5ccccc54)cc3)cc2)cc1. The Labute approximate surface area is 258 Å². The lowest BCUT2D eigenvalue weighted by Crippen LogP contribution is -2.25. The number of hydrogen-bond acceptors (Lipinski definition) is 1. The fourth-order valence-electron chi connectivity index (χ4n) is 7.66. The Morgan fingerprint density at radius 1 is 0.295 bits per heavy atom. The van der Waals surface area contributed by atoms with Crippen molar-refractivity contribution in [2.45, 2.75) is 5.41 Å². The summed E-state index contributed by atoms with van der Waals surface area (Å²) in [5, 5.41) is 3.59. The van der Waals surface area contributed by atoms with Crippen LogP contribution in [0.2, 0.25) is 0 Å². The summed E-state index contributed by atoms with van der Waals surface area (Å²) in [6, 6.07) is 61.9. The minimum Gasteiger partial charge on any atom is -0.356 e. The molecule has 7 aromatic carbocycles. The van der Waals surface area contributed by atoms with Crippen LogP contribution in [0.1, 0.15) is 22.3 Å². The highest BCUT2D eigenvalue weighted by Crippen LogP contribution is 2.63. The summed E-state index contributed by atoms with van der Waals surface area (Å²) in [4.78, 5) is 0. The molecule has 1 spiro atoms. The molecule has 0 unspecified atom stereocenters. The molecular weight excluding hydrogens is 530 g/mol. The molecule has 0 saturated carbocycles. The van der Waals surface area contributed by atoms with E-state index in [1.165, 1.54) is 66.8 Å². The molecule has 0 aliphatic heterocycles. The summed E-state index contributed by atoms with van der Waals surface area (Å²) in [6.45, 7) is 0. The summed E-state index contributed by atoms with van der Waals surface area (Å²) in [5.41, 5.74) is 17.6. The molecule has 0 radical (unpaired) electrons. The van der Waals surface area contributed by atoms with Crippen LogP contribution in [0, 0.1) is 0 Å². The van der Waals surface area contributed by atoms with Crippen molar-refractivity contribution in [1.29, 1.82) is 0 Å². The van der Waals surface area contributed by atoms with Crippen molar-refractivity contribution in [3.05, 3.63) is 192 Å². The molecule has 1 heteroatoms. The zero-order valence-corrected chi connectivity index (χ0v) is 24.2. The van der Waals surface area contributed by atoms with Crippen molar-refractivity contribution in [3.8, 4) is 44.5 Å². The molecular formula is C43H29N. The summed E-state index contributed by atoms with van der Waals surface area (Å²) in [5.74, 6) is 0. The molecule has 0 atom stereocenters. The van der Waals surface area contributed by atoms with Gasteiger partial charge in [-0.05, 0) is 91.0 Å². The van der Waals surface area contributed by atoms with Gasteiger partial charge in [0.1, 0.15) is 0 Å². The monoisotopic (exact) mass is 559 g/mol. The highest BCUT2D eigenvalue weighted by molar-refractivity contribution is 5.99. The molecule has 0 heterocycles. The Kier molecular flexibility index (Phi) is 5.48. The summed E-state index contributed by atoms with van der Waals surface area (Å²) >= 11 is 0. The maximum Gasteiger partial charge on any atom is 0.0725 e. The zero-order valence-electron chi connectivity index (χ0n) is 24.2. The van der Waals surface area contributed by atoms with Gasteiger partial charge in [0.25, 0.3) is 0 Å². The molecule has 0 bridgehead atoms. The van der Waals surface area contributed by atoms with E-state index in [0.717, 1.165) is 11.4 Å². The maximum atomic E-state index is 3.59. The Morgan fingerprint density at radius 2 is 0.727 bits per heavy atom. The second-order valence-electron chi connectivity index (χ2n) is 11.8. The van der Waals surface area contributed by atoms with Crippen molar-refractivity contribution < 1.29 is 0 Å². The minimum atomic E-state index is -0.317. The quantitative estimate of drug-likeness (QED) is 0.226. The highest BCUT2D eigenvalue weighted by atomic mass is 14.9. The van der Waals surface area contributed by atoms with Gasteiger partial charge in [0.05, 0.1) is 5.41 Å². The molecule has 1 nitrogen and oxygen atoms in total. The lowest BCUT2D eigenvalue weighted by Gasteiger charge is -2.30. The Hall–Kier alpha value is -5.66. The van der Waals surface area contributed by atoms with Crippen LogP contribution in [0.15, 0.2) is 170 Å². The topological polar surface area (TPSA) is 12.0 Å². The largest absolute Gasteiger partial charge is 0.356 e. The predicted octanol–water partition coefficient (Wildman–Crippen LogP) is 11.1. The van der Waals surface area contributed by atoms with Crippen LogP contribution in [0.5, 0.6) is 0 Å². The van der Waals surface area contributed by atoms with Crippen LogP contribution >= 0.6 is 0 Å². The molecule has 2 aliphatic rings. The highest BCUT2D eigenvalue weighted by Gasteiger charge is 2.51. The van der Waals surface area contributed by atoms with Gasteiger partial charge in [0, 0.05) is 11.4 Å². The first kappa shape index (κ1) is 24.9. The molecule has 9 rings (SSSR count). The third-order valence-electron chi connectivity index (χ3n) is 9.50. The van der Waals surface area contributed by atoms with Crippen LogP contribution in [-0.2, 0) is 5.41 Å². The Morgan fingerprint density at radius 3 is 1.34 bits per heavy atom. The average molecular weight is 560 g/mol. The third kappa shape index (κ3) is 3.53. The van der Waals surface area contributed by atoms with Crippen molar-refractivity contribution in [2.75, 3.05) is 5.32 Å². The van der Waals surface area contributed by atoms with E-state index in [2.05, 4.69) is 175 Å². The number of benzene rings is 7. The molecule has 2 aliphatic carbocycles. The van der Waals surface area contributed by atoms with Crippen molar-refractivity contribution in [3.63, 3.8) is 0 Å². The zero-order chi connectivity index (χ0) is 29.1. The Bertz CT molecular complexity index is 2130. The molecule has 0 aromatic heterocycles. The normalized spacial score (nSPS) is 13.2. The number of hydrogen-bond donors (Lipinski definition) is 1. The lowest BCUT2D eigenvalue weighted by atomic mass is 9.70. The smallest absolute Gasteiger partial charge is 0.0725 e. The van der Waals surface area contributed by atoms with Gasteiger partial charge in [-0.2, -0.15) is 0 Å². The van der Waals surface area contributed by atoms with E-state index in [1.54, 1.807) is 0 Å². The standard InChI is InChI=1S/C43H29N/c1-2-11-29(12-3-1)30-21-25-32(26-22-30)44-33-27-23-31(24-28-33)34-16-10-20-41-42(34)37-15-6-9-19-40(37)43(41)38-17-7-4-13-35(38)36-14-5-8-18-39(36)43/h1-28,44H. The summed E-state index contributed by atoms with van der Waals surface area (Å²) < 4.78 is 0. The van der Waals surface area contributed by atoms with Crippen LogP contribution in [0.25, 0.3) is 44.5 Å². The first-order valence-electron chi connectivity index (χ1n) is 15.3. The Balaban J connectivity index is 1.13. The predicted molar refractivity (Wildman–Crippen MR) is 183 cm³/mol. The van der Waals surface area contributed by atoms with Gasteiger partial charge in [-0.1, -0.05) is 146 Å². The van der Waals surface area contributed by atoms with Crippen LogP contribution < -0.4 is 5.32 Å². The van der Waals surface area contributed by atoms with Crippen LogP contribution in [0.4, 0.5) is 11.4 Å². The van der Waals surface area contributed by atoms with Crippen LogP contribution in [0.3, 0.4) is 0 Å². The summed E-state index contributed by atoms with van der Waals surface area (Å²) in [6.07, 6.45) is 0. The molecule has 206 valence electrons. The van der Waals surface area contributed by atoms with Gasteiger partial charge < -0.3 is 5.32 Å². The van der Waals surface area contributed by atoms with E-state index in [9.17, 15) is 0 Å². The third-order valence-corrected chi connectivity index (χ3v) is 9.50. The number of anilines is 2. The first-order valence-corrected chi connectivity index (χ1v) is 15.3. The van der Waals surface area contributed by atoms with Gasteiger partial charge in [-0.3, -0.25) is 0 Å². The second kappa shape index (κ2) is 9.69. The number of rotatable bonds is 4. The lowest BCUT2D eigenvalue weighted by molar-refractivity contribution is 0.794. The van der Waals surface area contributed by atoms with Gasteiger partial charge in [0.2, 0.25) is 0 Å². The van der Waals surface area contributed by atoms with E-state index < -0.39 is 0 Å². The average Bonchev–Trinajstić information content (AvgIpc) is 3.57. The van der Waals surface area contributed by atoms with E-state index in [0.29, 0.717) is 0 Å². The molecule has 7 aromatic rings. The van der Waals surface area contributed by atoms with Crippen molar-refractivity contribution in [2.24, 2.45) is 0 Å². The van der Waals surface area contributed by atoms with Gasteiger partial charge in [-0.25, -0.2) is 0 Å². The summed E-state index contributed by atoms with van der Waals surface area (Å²) in [7, 11) is 0.